The highest BCUT2D eigenvalue weighted by Crippen LogP contribution is 2.32. The zero-order valence-electron chi connectivity index (χ0n) is 14.6. The molecule has 136 valence electrons. The average Bonchev–Trinajstić information content (AvgIpc) is 3.13. The standard InChI is InChI=1S/C19H20N2O5/c1-12(14-4-6-15(24-2)7-5-14)21-19(23)18(22)20-10-13-3-8-16-17(9-13)26-11-25-16/h3-9,12H,10-11H2,1-2H3,(H,20,22)(H,21,23). The van der Waals surface area contributed by atoms with Crippen LogP contribution < -0.4 is 24.8 Å². The van der Waals surface area contributed by atoms with E-state index in [0.717, 1.165) is 16.9 Å². The Morgan fingerprint density at radius 3 is 2.54 bits per heavy atom. The molecule has 2 N–H and O–H groups in total. The molecule has 26 heavy (non-hydrogen) atoms. The highest BCUT2D eigenvalue weighted by atomic mass is 16.7. The molecule has 2 aromatic carbocycles. The Balaban J connectivity index is 1.51. The van der Waals surface area contributed by atoms with Crippen molar-refractivity contribution in [1.82, 2.24) is 10.6 Å². The number of hydrogen-bond donors (Lipinski definition) is 2. The minimum absolute atomic E-state index is 0.191. The molecule has 0 radical (unpaired) electrons. The second-order valence-corrected chi connectivity index (χ2v) is 5.84. The summed E-state index contributed by atoms with van der Waals surface area (Å²) in [5.41, 5.74) is 1.70. The molecule has 1 aliphatic heterocycles. The van der Waals surface area contributed by atoms with Crippen molar-refractivity contribution in [2.75, 3.05) is 13.9 Å². The second-order valence-electron chi connectivity index (χ2n) is 5.84. The number of carbonyl (C=O) groups is 2. The van der Waals surface area contributed by atoms with Crippen molar-refractivity contribution in [3.63, 3.8) is 0 Å². The van der Waals surface area contributed by atoms with Crippen LogP contribution in [0.15, 0.2) is 42.5 Å². The van der Waals surface area contributed by atoms with Crippen molar-refractivity contribution < 1.29 is 23.8 Å². The Morgan fingerprint density at radius 1 is 1.08 bits per heavy atom. The smallest absolute Gasteiger partial charge is 0.309 e. The Hall–Kier alpha value is -3.22. The molecule has 0 fully saturated rings. The van der Waals surface area contributed by atoms with Gasteiger partial charge in [0.1, 0.15) is 5.75 Å². The van der Waals surface area contributed by atoms with Crippen LogP contribution in [0.25, 0.3) is 0 Å². The van der Waals surface area contributed by atoms with Crippen molar-refractivity contribution in [3.8, 4) is 17.2 Å². The van der Waals surface area contributed by atoms with Crippen molar-refractivity contribution in [2.24, 2.45) is 0 Å². The number of benzene rings is 2. The van der Waals surface area contributed by atoms with E-state index in [1.807, 2.05) is 25.1 Å². The van der Waals surface area contributed by atoms with Gasteiger partial charge in [0.2, 0.25) is 6.79 Å². The summed E-state index contributed by atoms with van der Waals surface area (Å²) in [6.45, 7) is 2.22. The van der Waals surface area contributed by atoms with E-state index < -0.39 is 11.8 Å². The molecule has 0 aromatic heterocycles. The largest absolute Gasteiger partial charge is 0.497 e. The molecule has 1 aliphatic rings. The van der Waals surface area contributed by atoms with Gasteiger partial charge in [-0.2, -0.15) is 0 Å². The molecule has 1 atom stereocenters. The molecule has 7 heteroatoms. The number of nitrogens with one attached hydrogen (secondary N) is 2. The van der Waals surface area contributed by atoms with E-state index >= 15 is 0 Å². The van der Waals surface area contributed by atoms with Crippen LogP contribution in [0.5, 0.6) is 17.2 Å². The van der Waals surface area contributed by atoms with Crippen LogP contribution in [0, 0.1) is 0 Å². The normalized spacial score (nSPS) is 13.0. The van der Waals surface area contributed by atoms with Crippen molar-refractivity contribution in [2.45, 2.75) is 19.5 Å². The van der Waals surface area contributed by atoms with E-state index in [-0.39, 0.29) is 19.4 Å². The predicted octanol–water partition coefficient (Wildman–Crippen LogP) is 1.92. The van der Waals surface area contributed by atoms with Crippen LogP contribution in [0.4, 0.5) is 0 Å². The first-order valence-corrected chi connectivity index (χ1v) is 8.18. The van der Waals surface area contributed by atoms with Gasteiger partial charge in [0.25, 0.3) is 0 Å². The third-order valence-electron chi connectivity index (χ3n) is 4.06. The second kappa shape index (κ2) is 7.77. The van der Waals surface area contributed by atoms with E-state index in [2.05, 4.69) is 10.6 Å². The average molecular weight is 356 g/mol. The van der Waals surface area contributed by atoms with Crippen LogP contribution in [-0.4, -0.2) is 25.7 Å². The Labute approximate surface area is 151 Å². The lowest BCUT2D eigenvalue weighted by atomic mass is 10.1. The molecule has 0 spiro atoms. The van der Waals surface area contributed by atoms with Gasteiger partial charge in [-0.25, -0.2) is 0 Å². The summed E-state index contributed by atoms with van der Waals surface area (Å²) in [5, 5.41) is 5.27. The number of rotatable bonds is 5. The van der Waals surface area contributed by atoms with Crippen molar-refractivity contribution in [3.05, 3.63) is 53.6 Å². The van der Waals surface area contributed by atoms with Crippen molar-refractivity contribution >= 4 is 11.8 Å². The van der Waals surface area contributed by atoms with Crippen LogP contribution >= 0.6 is 0 Å². The van der Waals surface area contributed by atoms with Gasteiger partial charge in [0.15, 0.2) is 11.5 Å². The molecule has 7 nitrogen and oxygen atoms in total. The molecule has 0 saturated carbocycles. The van der Waals surface area contributed by atoms with E-state index in [1.54, 1.807) is 31.4 Å². The Bertz CT molecular complexity index is 804. The van der Waals surface area contributed by atoms with Crippen LogP contribution in [0.1, 0.15) is 24.1 Å². The molecular weight excluding hydrogens is 336 g/mol. The summed E-state index contributed by atoms with van der Waals surface area (Å²) in [6, 6.07) is 12.4. The molecule has 0 bridgehead atoms. The quantitative estimate of drug-likeness (QED) is 0.800. The number of hydrogen-bond acceptors (Lipinski definition) is 5. The van der Waals surface area contributed by atoms with Crippen LogP contribution in [-0.2, 0) is 16.1 Å². The highest BCUT2D eigenvalue weighted by Gasteiger charge is 2.18. The minimum Gasteiger partial charge on any atom is -0.497 e. The summed E-state index contributed by atoms with van der Waals surface area (Å²) in [5.74, 6) is 0.659. The SMILES string of the molecule is COc1ccc(C(C)NC(=O)C(=O)NCc2ccc3c(c2)OCO3)cc1. The van der Waals surface area contributed by atoms with Gasteiger partial charge in [-0.1, -0.05) is 18.2 Å². The first-order valence-electron chi connectivity index (χ1n) is 8.18. The summed E-state index contributed by atoms with van der Waals surface area (Å²) >= 11 is 0. The minimum atomic E-state index is -0.692. The van der Waals surface area contributed by atoms with Gasteiger partial charge in [0, 0.05) is 6.54 Å². The molecule has 3 rings (SSSR count). The summed E-state index contributed by atoms with van der Waals surface area (Å²) < 4.78 is 15.6. The van der Waals surface area contributed by atoms with Crippen LogP contribution in [0.3, 0.4) is 0 Å². The fourth-order valence-electron chi connectivity index (χ4n) is 2.55. The monoisotopic (exact) mass is 356 g/mol. The third kappa shape index (κ3) is 4.05. The maximum absolute atomic E-state index is 12.1. The molecule has 2 amide bonds. The number of fused-ring (bicyclic) bond motifs is 1. The fourth-order valence-corrected chi connectivity index (χ4v) is 2.55. The number of ether oxygens (including phenoxy) is 3. The van der Waals surface area contributed by atoms with E-state index in [4.69, 9.17) is 14.2 Å². The lowest BCUT2D eigenvalue weighted by Crippen LogP contribution is -2.40. The lowest BCUT2D eigenvalue weighted by molar-refractivity contribution is -0.139. The number of amides is 2. The highest BCUT2D eigenvalue weighted by molar-refractivity contribution is 6.35. The molecule has 1 heterocycles. The molecule has 1 unspecified atom stereocenters. The topological polar surface area (TPSA) is 85.9 Å². The molecular formula is C19H20N2O5. The van der Waals surface area contributed by atoms with E-state index in [1.165, 1.54) is 0 Å². The van der Waals surface area contributed by atoms with E-state index in [0.29, 0.717) is 11.5 Å². The maximum atomic E-state index is 12.1. The third-order valence-corrected chi connectivity index (χ3v) is 4.06. The lowest BCUT2D eigenvalue weighted by Gasteiger charge is -2.14. The Kier molecular flexibility index (Phi) is 5.26. The van der Waals surface area contributed by atoms with Gasteiger partial charge in [-0.05, 0) is 42.3 Å². The van der Waals surface area contributed by atoms with Crippen molar-refractivity contribution in [1.29, 1.82) is 0 Å². The maximum Gasteiger partial charge on any atom is 0.309 e. The zero-order valence-corrected chi connectivity index (χ0v) is 14.6. The fraction of sp³-hybridized carbons (Fsp3) is 0.263. The van der Waals surface area contributed by atoms with Gasteiger partial charge >= 0.3 is 11.8 Å². The van der Waals surface area contributed by atoms with Gasteiger partial charge in [0.05, 0.1) is 13.2 Å². The summed E-state index contributed by atoms with van der Waals surface area (Å²) in [4.78, 5) is 24.1. The van der Waals surface area contributed by atoms with Crippen LogP contribution in [0.2, 0.25) is 0 Å². The number of methoxy groups -OCH3 is 1. The molecule has 0 saturated heterocycles. The summed E-state index contributed by atoms with van der Waals surface area (Å²) in [7, 11) is 1.59. The summed E-state index contributed by atoms with van der Waals surface area (Å²) in [6.07, 6.45) is 0. The molecule has 2 aromatic rings. The first-order chi connectivity index (χ1) is 12.6. The van der Waals surface area contributed by atoms with Gasteiger partial charge < -0.3 is 24.8 Å². The molecule has 0 aliphatic carbocycles. The first kappa shape index (κ1) is 17.6. The van der Waals surface area contributed by atoms with E-state index in [9.17, 15) is 9.59 Å². The van der Waals surface area contributed by atoms with Gasteiger partial charge in [-0.3, -0.25) is 9.59 Å². The predicted molar refractivity (Wildman–Crippen MR) is 94.0 cm³/mol. The number of carbonyl (C=O) groups excluding carboxylic acids is 2. The Morgan fingerprint density at radius 2 is 1.81 bits per heavy atom. The van der Waals surface area contributed by atoms with Gasteiger partial charge in [-0.15, -0.1) is 0 Å². The zero-order chi connectivity index (χ0) is 18.5.